The van der Waals surface area contributed by atoms with Crippen molar-refractivity contribution in [2.45, 2.75) is 32.8 Å². The van der Waals surface area contributed by atoms with Crippen molar-refractivity contribution in [2.24, 2.45) is 0 Å². The van der Waals surface area contributed by atoms with E-state index in [-0.39, 0.29) is 18.4 Å². The molecule has 176 valence electrons. The highest BCUT2D eigenvalue weighted by Crippen LogP contribution is 2.23. The molecule has 1 aromatic rings. The van der Waals surface area contributed by atoms with Gasteiger partial charge in [-0.15, -0.1) is 13.2 Å². The summed E-state index contributed by atoms with van der Waals surface area (Å²) in [7, 11) is 0. The second-order valence-corrected chi connectivity index (χ2v) is 7.68. The summed E-state index contributed by atoms with van der Waals surface area (Å²) in [6, 6.07) is 5.07. The van der Waals surface area contributed by atoms with Crippen LogP contribution in [0.4, 0.5) is 18.0 Å². The van der Waals surface area contributed by atoms with Crippen LogP contribution in [0.1, 0.15) is 19.4 Å². The zero-order chi connectivity index (χ0) is 23.3. The lowest BCUT2D eigenvalue weighted by Crippen LogP contribution is -2.53. The molecule has 2 heterocycles. The Morgan fingerprint density at radius 1 is 1.09 bits per heavy atom. The largest absolute Gasteiger partial charge is 0.573 e. The second kappa shape index (κ2) is 10.2. The number of carbonyl (C=O) groups excluding carboxylic acids is 2. The van der Waals surface area contributed by atoms with E-state index in [9.17, 15) is 22.8 Å². The number of nitrogens with one attached hydrogen (secondary N) is 2. The maximum Gasteiger partial charge on any atom is 0.573 e. The van der Waals surface area contributed by atoms with Crippen molar-refractivity contribution in [3.8, 4) is 5.75 Å². The first-order chi connectivity index (χ1) is 15.1. The van der Waals surface area contributed by atoms with Crippen LogP contribution < -0.4 is 15.4 Å². The smallest absolute Gasteiger partial charge is 0.463 e. The second-order valence-electron chi connectivity index (χ2n) is 7.68. The lowest BCUT2D eigenvalue weighted by atomic mass is 10.0. The topological polar surface area (TPSA) is 83.1 Å². The monoisotopic (exact) mass is 456 g/mol. The van der Waals surface area contributed by atoms with Gasteiger partial charge in [-0.05, 0) is 31.5 Å². The van der Waals surface area contributed by atoms with E-state index >= 15 is 0 Å². The van der Waals surface area contributed by atoms with Crippen molar-refractivity contribution in [1.29, 1.82) is 0 Å². The number of urea groups is 1. The molecule has 1 aromatic carbocycles. The van der Waals surface area contributed by atoms with Gasteiger partial charge in [0.15, 0.2) is 0 Å². The molecule has 0 bridgehead atoms. The number of hydrogen-bond acceptors (Lipinski definition) is 6. The zero-order valence-corrected chi connectivity index (χ0v) is 18.0. The van der Waals surface area contributed by atoms with Gasteiger partial charge in [-0.3, -0.25) is 9.80 Å². The first-order valence-electron chi connectivity index (χ1n) is 10.4. The molecule has 1 atom stereocenters. The predicted molar refractivity (Wildman–Crippen MR) is 110 cm³/mol. The minimum Gasteiger partial charge on any atom is -0.463 e. The molecule has 0 aliphatic carbocycles. The van der Waals surface area contributed by atoms with Gasteiger partial charge in [-0.1, -0.05) is 12.1 Å². The van der Waals surface area contributed by atoms with Gasteiger partial charge in [-0.25, -0.2) is 9.59 Å². The number of esters is 1. The minimum atomic E-state index is -4.70. The number of carbonyl (C=O) groups is 2. The Morgan fingerprint density at radius 3 is 2.25 bits per heavy atom. The molecule has 2 amide bonds. The van der Waals surface area contributed by atoms with Gasteiger partial charge >= 0.3 is 18.4 Å². The fourth-order valence-electron chi connectivity index (χ4n) is 3.79. The summed E-state index contributed by atoms with van der Waals surface area (Å²) < 4.78 is 45.9. The Morgan fingerprint density at radius 2 is 1.69 bits per heavy atom. The Bertz CT molecular complexity index is 850. The van der Waals surface area contributed by atoms with E-state index in [1.165, 1.54) is 12.1 Å². The van der Waals surface area contributed by atoms with Crippen molar-refractivity contribution in [3.05, 3.63) is 41.1 Å². The van der Waals surface area contributed by atoms with E-state index in [1.807, 2.05) is 0 Å². The van der Waals surface area contributed by atoms with Gasteiger partial charge in [0, 0.05) is 45.0 Å². The first kappa shape index (κ1) is 23.9. The van der Waals surface area contributed by atoms with Crippen LogP contribution in [0.25, 0.3) is 0 Å². The molecule has 3 rings (SSSR count). The standard InChI is InChI=1S/C21H27F3N4O4/c1-3-31-19(29)18-14(2)25-20(30)26-17(18)13-28-10-8-27(9-11-28)12-15-4-6-16(7-5-15)32-21(22,23)24/h4-7,14H,3,8-13H2,1-2H3,(H2,25,26,30). The van der Waals surface area contributed by atoms with Crippen LogP contribution in [-0.4, -0.2) is 73.5 Å². The third kappa shape index (κ3) is 6.60. The third-order valence-corrected chi connectivity index (χ3v) is 5.28. The van der Waals surface area contributed by atoms with E-state index in [4.69, 9.17) is 4.74 Å². The molecular weight excluding hydrogens is 429 g/mol. The summed E-state index contributed by atoms with van der Waals surface area (Å²) in [6.07, 6.45) is -4.70. The summed E-state index contributed by atoms with van der Waals surface area (Å²) in [4.78, 5) is 28.6. The van der Waals surface area contributed by atoms with Crippen molar-refractivity contribution >= 4 is 12.0 Å². The maximum absolute atomic E-state index is 12.4. The molecule has 2 aliphatic rings. The van der Waals surface area contributed by atoms with Crippen LogP contribution in [0.2, 0.25) is 0 Å². The van der Waals surface area contributed by atoms with Crippen LogP contribution in [0.3, 0.4) is 0 Å². The van der Waals surface area contributed by atoms with Crippen molar-refractivity contribution in [1.82, 2.24) is 20.4 Å². The van der Waals surface area contributed by atoms with Gasteiger partial charge in [0.1, 0.15) is 5.75 Å². The van der Waals surface area contributed by atoms with Crippen LogP contribution in [-0.2, 0) is 16.1 Å². The number of hydrogen-bond donors (Lipinski definition) is 2. The summed E-state index contributed by atoms with van der Waals surface area (Å²) in [5.74, 6) is -0.686. The van der Waals surface area contributed by atoms with Crippen LogP contribution in [0, 0.1) is 0 Å². The lowest BCUT2D eigenvalue weighted by molar-refractivity contribution is -0.274. The summed E-state index contributed by atoms with van der Waals surface area (Å²) in [5.41, 5.74) is 1.86. The molecule has 1 unspecified atom stereocenters. The van der Waals surface area contributed by atoms with E-state index in [2.05, 4.69) is 25.2 Å². The molecule has 0 aromatic heterocycles. The highest BCUT2D eigenvalue weighted by molar-refractivity contribution is 5.94. The molecule has 0 spiro atoms. The van der Waals surface area contributed by atoms with Crippen molar-refractivity contribution in [2.75, 3.05) is 39.3 Å². The number of piperazine rings is 1. The Balaban J connectivity index is 1.55. The van der Waals surface area contributed by atoms with Gasteiger partial charge in [0.2, 0.25) is 0 Å². The average Bonchev–Trinajstić information content (AvgIpc) is 2.69. The molecule has 1 fully saturated rings. The van der Waals surface area contributed by atoms with Gasteiger partial charge in [0.05, 0.1) is 18.2 Å². The zero-order valence-electron chi connectivity index (χ0n) is 18.0. The Labute approximate surface area is 184 Å². The molecule has 0 saturated carbocycles. The van der Waals surface area contributed by atoms with Gasteiger partial charge in [0.25, 0.3) is 0 Å². The van der Waals surface area contributed by atoms with E-state index in [0.717, 1.165) is 18.7 Å². The predicted octanol–water partition coefficient (Wildman–Crippen LogP) is 2.22. The number of alkyl halides is 3. The Hall–Kier alpha value is -2.79. The highest BCUT2D eigenvalue weighted by atomic mass is 19.4. The van der Waals surface area contributed by atoms with Gasteiger partial charge in [-0.2, -0.15) is 0 Å². The number of rotatable bonds is 7. The molecule has 32 heavy (non-hydrogen) atoms. The third-order valence-electron chi connectivity index (χ3n) is 5.28. The summed E-state index contributed by atoms with van der Waals surface area (Å²) in [6.45, 7) is 7.66. The number of halogens is 3. The van der Waals surface area contributed by atoms with Gasteiger partial charge < -0.3 is 20.1 Å². The lowest BCUT2D eigenvalue weighted by Gasteiger charge is -2.36. The van der Waals surface area contributed by atoms with Crippen LogP contribution in [0.15, 0.2) is 35.5 Å². The maximum atomic E-state index is 12.4. The SMILES string of the molecule is CCOC(=O)C1=C(CN2CCN(Cc3ccc(OC(F)(F)F)cc3)CC2)NC(=O)NC1C. The number of nitrogens with zero attached hydrogens (tertiary/aromatic N) is 2. The Kier molecular flexibility index (Phi) is 7.62. The fraction of sp³-hybridized carbons (Fsp3) is 0.524. The van der Waals surface area contributed by atoms with Crippen molar-refractivity contribution < 1.29 is 32.2 Å². The van der Waals surface area contributed by atoms with Crippen LogP contribution >= 0.6 is 0 Å². The molecule has 2 aliphatic heterocycles. The fourth-order valence-corrected chi connectivity index (χ4v) is 3.79. The summed E-state index contributed by atoms with van der Waals surface area (Å²) >= 11 is 0. The first-order valence-corrected chi connectivity index (χ1v) is 10.4. The summed E-state index contributed by atoms with van der Waals surface area (Å²) in [5, 5.41) is 5.42. The van der Waals surface area contributed by atoms with Crippen LogP contribution in [0.5, 0.6) is 5.75 Å². The molecule has 0 radical (unpaired) electrons. The van der Waals surface area contributed by atoms with Crippen molar-refractivity contribution in [3.63, 3.8) is 0 Å². The normalized spacial score (nSPS) is 20.5. The van der Waals surface area contributed by atoms with E-state index < -0.39 is 18.4 Å². The number of amides is 2. The molecular formula is C21H27F3N4O4. The molecule has 1 saturated heterocycles. The van der Waals surface area contributed by atoms with E-state index in [0.29, 0.717) is 37.4 Å². The van der Waals surface area contributed by atoms with E-state index in [1.54, 1.807) is 26.0 Å². The number of benzene rings is 1. The average molecular weight is 456 g/mol. The minimum absolute atomic E-state index is 0.241. The molecule has 8 nitrogen and oxygen atoms in total. The number of ether oxygens (including phenoxy) is 2. The quantitative estimate of drug-likeness (QED) is 0.613. The highest BCUT2D eigenvalue weighted by Gasteiger charge is 2.32. The molecule has 2 N–H and O–H groups in total. The molecule has 11 heteroatoms.